The van der Waals surface area contributed by atoms with Crippen LogP contribution in [0.5, 0.6) is 5.75 Å². The van der Waals surface area contributed by atoms with Gasteiger partial charge in [0, 0.05) is 17.4 Å². The molecule has 3 rings (SSSR count). The van der Waals surface area contributed by atoms with Crippen LogP contribution in [0.3, 0.4) is 0 Å². The zero-order valence-corrected chi connectivity index (χ0v) is 15.9. The number of aromatic nitrogens is 1. The van der Waals surface area contributed by atoms with E-state index in [0.29, 0.717) is 10.6 Å². The van der Waals surface area contributed by atoms with Crippen molar-refractivity contribution in [2.75, 3.05) is 7.11 Å². The molecule has 0 aliphatic heterocycles. The van der Waals surface area contributed by atoms with E-state index in [1.165, 1.54) is 42.8 Å². The second-order valence-corrected chi connectivity index (χ2v) is 6.97. The fourth-order valence-corrected chi connectivity index (χ4v) is 3.32. The van der Waals surface area contributed by atoms with Crippen LogP contribution in [0.25, 0.3) is 0 Å². The average molecular weight is 425 g/mol. The molecule has 0 unspecified atom stereocenters. The van der Waals surface area contributed by atoms with E-state index >= 15 is 0 Å². The van der Waals surface area contributed by atoms with Gasteiger partial charge in [0.2, 0.25) is 0 Å². The summed E-state index contributed by atoms with van der Waals surface area (Å²) in [5, 5.41) is 1.92. The number of halogens is 4. The van der Waals surface area contributed by atoms with E-state index in [-0.39, 0.29) is 30.0 Å². The SMILES string of the molecule is COC(=O)c1csc(Cc2cc(C(F)(F)F)ccc2OCc2ccc(F)cc2)n1. The predicted octanol–water partition coefficient (Wildman–Crippen LogP) is 5.26. The highest BCUT2D eigenvalue weighted by molar-refractivity contribution is 7.09. The van der Waals surface area contributed by atoms with E-state index in [1.807, 2.05) is 0 Å². The zero-order chi connectivity index (χ0) is 21.0. The number of thiazole rings is 1. The Hall–Kier alpha value is -2.94. The smallest absolute Gasteiger partial charge is 0.416 e. The molecular formula is C20H15F4NO3S. The second kappa shape index (κ2) is 8.60. The number of alkyl halides is 3. The first-order valence-electron chi connectivity index (χ1n) is 8.36. The fourth-order valence-electron chi connectivity index (χ4n) is 2.53. The Labute approximate surface area is 167 Å². The third-order valence-electron chi connectivity index (χ3n) is 3.98. The Bertz CT molecular complexity index is 1000. The Morgan fingerprint density at radius 1 is 1.14 bits per heavy atom. The Morgan fingerprint density at radius 3 is 2.52 bits per heavy atom. The van der Waals surface area contributed by atoms with Crippen LogP contribution in [0.4, 0.5) is 17.6 Å². The standard InChI is InChI=1S/C20H15F4NO3S/c1-27-19(26)16-11-29-18(25-16)9-13-8-14(20(22,23)24)4-7-17(13)28-10-12-2-5-15(21)6-3-12/h2-8,11H,9-10H2,1H3. The number of methoxy groups -OCH3 is 1. The van der Waals surface area contributed by atoms with Crippen molar-refractivity contribution in [1.82, 2.24) is 4.98 Å². The summed E-state index contributed by atoms with van der Waals surface area (Å²) in [6.07, 6.45) is -4.46. The van der Waals surface area contributed by atoms with Gasteiger partial charge in [-0.3, -0.25) is 0 Å². The zero-order valence-electron chi connectivity index (χ0n) is 15.1. The van der Waals surface area contributed by atoms with E-state index in [0.717, 1.165) is 23.5 Å². The summed E-state index contributed by atoms with van der Waals surface area (Å²) in [5.41, 5.74) is 0.215. The number of ether oxygens (including phenoxy) is 2. The maximum absolute atomic E-state index is 13.1. The second-order valence-electron chi connectivity index (χ2n) is 6.03. The van der Waals surface area contributed by atoms with Crippen LogP contribution >= 0.6 is 11.3 Å². The lowest BCUT2D eigenvalue weighted by Crippen LogP contribution is -2.07. The maximum atomic E-state index is 13.1. The van der Waals surface area contributed by atoms with Crippen molar-refractivity contribution in [1.29, 1.82) is 0 Å². The van der Waals surface area contributed by atoms with Crippen molar-refractivity contribution in [3.05, 3.63) is 81.1 Å². The lowest BCUT2D eigenvalue weighted by molar-refractivity contribution is -0.137. The minimum Gasteiger partial charge on any atom is -0.489 e. The Balaban J connectivity index is 1.86. The molecule has 2 aromatic carbocycles. The van der Waals surface area contributed by atoms with Gasteiger partial charge in [-0.2, -0.15) is 13.2 Å². The van der Waals surface area contributed by atoms with Crippen LogP contribution in [0.1, 0.15) is 32.2 Å². The Kier molecular flexibility index (Phi) is 6.17. The number of carbonyl (C=O) groups excluding carboxylic acids is 1. The molecule has 3 aromatic rings. The minimum absolute atomic E-state index is 0.0460. The molecular weight excluding hydrogens is 410 g/mol. The molecule has 0 saturated heterocycles. The number of nitrogens with zero attached hydrogens (tertiary/aromatic N) is 1. The van der Waals surface area contributed by atoms with Gasteiger partial charge in [-0.1, -0.05) is 12.1 Å². The highest BCUT2D eigenvalue weighted by atomic mass is 32.1. The van der Waals surface area contributed by atoms with E-state index in [4.69, 9.17) is 4.74 Å². The van der Waals surface area contributed by atoms with Gasteiger partial charge in [-0.25, -0.2) is 14.2 Å². The normalized spacial score (nSPS) is 11.3. The largest absolute Gasteiger partial charge is 0.489 e. The van der Waals surface area contributed by atoms with Crippen LogP contribution in [-0.2, 0) is 23.9 Å². The molecule has 0 N–H and O–H groups in total. The monoisotopic (exact) mass is 425 g/mol. The van der Waals surface area contributed by atoms with Gasteiger partial charge in [0.1, 0.15) is 18.2 Å². The number of hydrogen-bond donors (Lipinski definition) is 0. The summed E-state index contributed by atoms with van der Waals surface area (Å²) in [6, 6.07) is 8.79. The van der Waals surface area contributed by atoms with Crippen molar-refractivity contribution in [3.8, 4) is 5.75 Å². The minimum atomic E-state index is -4.51. The highest BCUT2D eigenvalue weighted by Crippen LogP contribution is 2.34. The van der Waals surface area contributed by atoms with Crippen molar-refractivity contribution in [2.45, 2.75) is 19.2 Å². The molecule has 0 saturated carbocycles. The molecule has 0 bridgehead atoms. The van der Waals surface area contributed by atoms with Crippen molar-refractivity contribution >= 4 is 17.3 Å². The third-order valence-corrected chi connectivity index (χ3v) is 4.83. The van der Waals surface area contributed by atoms with Gasteiger partial charge < -0.3 is 9.47 Å². The first-order valence-corrected chi connectivity index (χ1v) is 9.24. The number of benzene rings is 2. The molecule has 9 heteroatoms. The van der Waals surface area contributed by atoms with Crippen LogP contribution in [0.2, 0.25) is 0 Å². The van der Waals surface area contributed by atoms with Gasteiger partial charge in [0.15, 0.2) is 5.69 Å². The molecule has 1 heterocycles. The summed E-state index contributed by atoms with van der Waals surface area (Å²) >= 11 is 1.14. The summed E-state index contributed by atoms with van der Waals surface area (Å²) in [6.45, 7) is 0.0594. The van der Waals surface area contributed by atoms with Crippen molar-refractivity contribution < 1.29 is 31.8 Å². The molecule has 0 radical (unpaired) electrons. The lowest BCUT2D eigenvalue weighted by atomic mass is 10.1. The summed E-state index contributed by atoms with van der Waals surface area (Å²) in [7, 11) is 1.22. The van der Waals surface area contributed by atoms with Gasteiger partial charge in [-0.05, 0) is 35.9 Å². The van der Waals surface area contributed by atoms with Crippen LogP contribution < -0.4 is 4.74 Å². The predicted molar refractivity (Wildman–Crippen MR) is 98.4 cm³/mol. The van der Waals surface area contributed by atoms with E-state index < -0.39 is 23.5 Å². The maximum Gasteiger partial charge on any atom is 0.416 e. The van der Waals surface area contributed by atoms with Crippen LogP contribution in [0.15, 0.2) is 47.8 Å². The summed E-state index contributed by atoms with van der Waals surface area (Å²) in [4.78, 5) is 15.6. The first kappa shape index (κ1) is 20.8. The van der Waals surface area contributed by atoms with Gasteiger partial charge in [0.25, 0.3) is 0 Å². The third kappa shape index (κ3) is 5.32. The molecule has 4 nitrogen and oxygen atoms in total. The number of carbonyl (C=O) groups is 1. The molecule has 0 fully saturated rings. The van der Waals surface area contributed by atoms with E-state index in [9.17, 15) is 22.4 Å². The topological polar surface area (TPSA) is 48.4 Å². The number of rotatable bonds is 6. The van der Waals surface area contributed by atoms with Gasteiger partial charge in [0.05, 0.1) is 17.7 Å². The van der Waals surface area contributed by atoms with Crippen LogP contribution in [0, 0.1) is 5.82 Å². The molecule has 0 spiro atoms. The summed E-state index contributed by atoms with van der Waals surface area (Å²) in [5.74, 6) is -0.768. The number of hydrogen-bond acceptors (Lipinski definition) is 5. The van der Waals surface area contributed by atoms with E-state index in [1.54, 1.807) is 0 Å². The molecule has 0 atom stereocenters. The summed E-state index contributed by atoms with van der Waals surface area (Å²) < 4.78 is 62.7. The van der Waals surface area contributed by atoms with E-state index in [2.05, 4.69) is 9.72 Å². The average Bonchev–Trinajstić information content (AvgIpc) is 3.15. The van der Waals surface area contributed by atoms with Crippen molar-refractivity contribution in [3.63, 3.8) is 0 Å². The Morgan fingerprint density at radius 2 is 1.86 bits per heavy atom. The fraction of sp³-hybridized carbons (Fsp3) is 0.200. The van der Waals surface area contributed by atoms with Crippen molar-refractivity contribution in [2.24, 2.45) is 0 Å². The molecule has 0 aliphatic rings. The molecule has 0 aliphatic carbocycles. The van der Waals surface area contributed by atoms with Crippen LogP contribution in [-0.4, -0.2) is 18.1 Å². The molecule has 29 heavy (non-hydrogen) atoms. The highest BCUT2D eigenvalue weighted by Gasteiger charge is 2.31. The molecule has 152 valence electrons. The molecule has 1 aromatic heterocycles. The lowest BCUT2D eigenvalue weighted by Gasteiger charge is -2.14. The first-order chi connectivity index (χ1) is 13.8. The quantitative estimate of drug-likeness (QED) is 0.399. The van der Waals surface area contributed by atoms with Gasteiger partial charge >= 0.3 is 12.1 Å². The number of esters is 1. The molecule has 0 amide bonds. The van der Waals surface area contributed by atoms with Gasteiger partial charge in [-0.15, -0.1) is 11.3 Å².